The van der Waals surface area contributed by atoms with Crippen molar-refractivity contribution >= 4 is 29.3 Å². The van der Waals surface area contributed by atoms with Crippen molar-refractivity contribution in [3.63, 3.8) is 0 Å². The van der Waals surface area contributed by atoms with E-state index >= 15 is 0 Å². The second-order valence-corrected chi connectivity index (χ2v) is 7.59. The van der Waals surface area contributed by atoms with Crippen LogP contribution in [0.2, 0.25) is 0 Å². The van der Waals surface area contributed by atoms with Crippen LogP contribution in [0.3, 0.4) is 0 Å². The Bertz CT molecular complexity index is 821. The van der Waals surface area contributed by atoms with Crippen molar-refractivity contribution in [2.75, 3.05) is 37.5 Å². The van der Waals surface area contributed by atoms with Gasteiger partial charge in [0.2, 0.25) is 0 Å². The number of hydrogen-bond donors (Lipinski definition) is 1. The van der Waals surface area contributed by atoms with E-state index in [4.69, 9.17) is 4.74 Å². The molecule has 0 atom stereocenters. The predicted molar refractivity (Wildman–Crippen MR) is 109 cm³/mol. The summed E-state index contributed by atoms with van der Waals surface area (Å²) in [6.45, 7) is 3.80. The van der Waals surface area contributed by atoms with E-state index in [1.807, 2.05) is 49.4 Å². The zero-order valence-electron chi connectivity index (χ0n) is 15.7. The Hall–Kier alpha value is -2.31. The SMILES string of the molecule is COCCCNC(=O)c1ccc2c(c1)N(C(=O)c1ccc(C)cc1)CCS2. The van der Waals surface area contributed by atoms with Crippen molar-refractivity contribution in [2.24, 2.45) is 0 Å². The molecule has 2 amide bonds. The first-order valence-electron chi connectivity index (χ1n) is 9.02. The second kappa shape index (κ2) is 9.06. The number of aryl methyl sites for hydroxylation is 1. The second-order valence-electron chi connectivity index (χ2n) is 6.46. The monoisotopic (exact) mass is 384 g/mol. The van der Waals surface area contributed by atoms with Gasteiger partial charge in [-0.25, -0.2) is 0 Å². The Balaban J connectivity index is 1.80. The molecule has 0 radical (unpaired) electrons. The quantitative estimate of drug-likeness (QED) is 0.775. The van der Waals surface area contributed by atoms with Gasteiger partial charge in [0.15, 0.2) is 0 Å². The van der Waals surface area contributed by atoms with Crippen LogP contribution in [0.5, 0.6) is 0 Å². The van der Waals surface area contributed by atoms with Crippen LogP contribution in [-0.2, 0) is 4.74 Å². The number of ether oxygens (including phenoxy) is 1. The topological polar surface area (TPSA) is 58.6 Å². The average Bonchev–Trinajstić information content (AvgIpc) is 2.70. The number of amides is 2. The van der Waals surface area contributed by atoms with E-state index < -0.39 is 0 Å². The minimum absolute atomic E-state index is 0.0331. The number of rotatable bonds is 6. The molecule has 1 aliphatic heterocycles. The van der Waals surface area contributed by atoms with Gasteiger partial charge >= 0.3 is 0 Å². The summed E-state index contributed by atoms with van der Waals surface area (Å²) in [7, 11) is 1.64. The maximum Gasteiger partial charge on any atom is 0.258 e. The summed E-state index contributed by atoms with van der Waals surface area (Å²) in [5.41, 5.74) is 3.15. The number of benzene rings is 2. The third kappa shape index (κ3) is 4.70. The molecule has 1 N–H and O–H groups in total. The van der Waals surface area contributed by atoms with Gasteiger partial charge in [-0.05, 0) is 43.7 Å². The molecule has 0 spiro atoms. The molecule has 0 unspecified atom stereocenters. The highest BCUT2D eigenvalue weighted by atomic mass is 32.2. The van der Waals surface area contributed by atoms with Crippen LogP contribution in [0.15, 0.2) is 47.4 Å². The number of methoxy groups -OCH3 is 1. The fourth-order valence-electron chi connectivity index (χ4n) is 2.94. The Kier molecular flexibility index (Phi) is 6.53. The fraction of sp³-hybridized carbons (Fsp3) is 0.333. The zero-order chi connectivity index (χ0) is 19.2. The number of fused-ring (bicyclic) bond motifs is 1. The molecule has 0 aromatic heterocycles. The summed E-state index contributed by atoms with van der Waals surface area (Å²) in [5.74, 6) is 0.675. The van der Waals surface area contributed by atoms with E-state index in [2.05, 4.69) is 5.32 Å². The lowest BCUT2D eigenvalue weighted by atomic mass is 10.1. The maximum atomic E-state index is 13.0. The lowest BCUT2D eigenvalue weighted by molar-refractivity contribution is 0.0945. The third-order valence-electron chi connectivity index (χ3n) is 4.44. The first kappa shape index (κ1) is 19.5. The van der Waals surface area contributed by atoms with Gasteiger partial charge in [-0.2, -0.15) is 0 Å². The van der Waals surface area contributed by atoms with E-state index in [1.165, 1.54) is 0 Å². The standard InChI is InChI=1S/C21H24N2O3S/c1-15-4-6-16(7-5-15)21(25)23-11-13-27-19-9-8-17(14-18(19)23)20(24)22-10-3-12-26-2/h4-9,14H,3,10-13H2,1-2H3,(H,22,24). The van der Waals surface area contributed by atoms with E-state index in [9.17, 15) is 9.59 Å². The minimum Gasteiger partial charge on any atom is -0.385 e. The lowest BCUT2D eigenvalue weighted by Gasteiger charge is -2.29. The van der Waals surface area contributed by atoms with E-state index in [1.54, 1.807) is 23.8 Å². The number of anilines is 1. The summed E-state index contributed by atoms with van der Waals surface area (Å²) in [5, 5.41) is 2.89. The predicted octanol–water partition coefficient (Wildman–Crippen LogP) is 3.51. The number of carbonyl (C=O) groups excluding carboxylic acids is 2. The molecule has 6 heteroatoms. The molecule has 1 heterocycles. The van der Waals surface area contributed by atoms with Crippen molar-refractivity contribution in [1.29, 1.82) is 0 Å². The number of nitrogens with one attached hydrogen (secondary N) is 1. The summed E-state index contributed by atoms with van der Waals surface area (Å²) in [6, 6.07) is 13.2. The van der Waals surface area contributed by atoms with Crippen molar-refractivity contribution in [3.05, 3.63) is 59.2 Å². The molecular formula is C21H24N2O3S. The van der Waals surface area contributed by atoms with Crippen LogP contribution in [-0.4, -0.2) is 44.4 Å². The third-order valence-corrected chi connectivity index (χ3v) is 5.48. The van der Waals surface area contributed by atoms with Gasteiger partial charge in [0.05, 0.1) is 5.69 Å². The lowest BCUT2D eigenvalue weighted by Crippen LogP contribution is -2.36. The molecule has 2 aromatic carbocycles. The highest BCUT2D eigenvalue weighted by Gasteiger charge is 2.25. The maximum absolute atomic E-state index is 13.0. The van der Waals surface area contributed by atoms with E-state index in [0.29, 0.717) is 30.8 Å². The van der Waals surface area contributed by atoms with Crippen molar-refractivity contribution < 1.29 is 14.3 Å². The number of carbonyl (C=O) groups is 2. The molecule has 0 aliphatic carbocycles. The molecule has 3 rings (SSSR count). The van der Waals surface area contributed by atoms with E-state index in [-0.39, 0.29) is 11.8 Å². The molecule has 142 valence electrons. The van der Waals surface area contributed by atoms with Crippen LogP contribution in [0, 0.1) is 6.92 Å². The highest BCUT2D eigenvalue weighted by molar-refractivity contribution is 7.99. The molecule has 1 aliphatic rings. The molecular weight excluding hydrogens is 360 g/mol. The molecule has 27 heavy (non-hydrogen) atoms. The summed E-state index contributed by atoms with van der Waals surface area (Å²) in [4.78, 5) is 28.2. The van der Waals surface area contributed by atoms with Gasteiger partial charge in [-0.3, -0.25) is 9.59 Å². The van der Waals surface area contributed by atoms with Gasteiger partial charge in [0.1, 0.15) is 0 Å². The molecule has 5 nitrogen and oxygen atoms in total. The van der Waals surface area contributed by atoms with Gasteiger partial charge in [-0.15, -0.1) is 11.8 Å². The average molecular weight is 385 g/mol. The molecule has 2 aromatic rings. The Morgan fingerprint density at radius 2 is 1.89 bits per heavy atom. The first-order chi connectivity index (χ1) is 13.1. The van der Waals surface area contributed by atoms with Gasteiger partial charge in [0, 0.05) is 48.6 Å². The van der Waals surface area contributed by atoms with Crippen molar-refractivity contribution in [3.8, 4) is 0 Å². The van der Waals surface area contributed by atoms with Crippen LogP contribution in [0.25, 0.3) is 0 Å². The summed E-state index contributed by atoms with van der Waals surface area (Å²) in [6.07, 6.45) is 0.765. The van der Waals surface area contributed by atoms with Crippen LogP contribution in [0.1, 0.15) is 32.7 Å². The Morgan fingerprint density at radius 3 is 2.63 bits per heavy atom. The first-order valence-corrected chi connectivity index (χ1v) is 10.0. The number of hydrogen-bond acceptors (Lipinski definition) is 4. The smallest absolute Gasteiger partial charge is 0.258 e. The number of nitrogens with zero attached hydrogens (tertiary/aromatic N) is 1. The molecule has 0 saturated heterocycles. The Labute approximate surface area is 164 Å². The largest absolute Gasteiger partial charge is 0.385 e. The van der Waals surface area contributed by atoms with Crippen molar-refractivity contribution in [2.45, 2.75) is 18.2 Å². The zero-order valence-corrected chi connectivity index (χ0v) is 16.5. The van der Waals surface area contributed by atoms with Gasteiger partial charge in [-0.1, -0.05) is 17.7 Å². The number of thioether (sulfide) groups is 1. The van der Waals surface area contributed by atoms with Crippen LogP contribution >= 0.6 is 11.8 Å². The van der Waals surface area contributed by atoms with Crippen molar-refractivity contribution in [1.82, 2.24) is 5.32 Å². The normalized spacial score (nSPS) is 13.2. The molecule has 0 fully saturated rings. The van der Waals surface area contributed by atoms with Gasteiger partial charge in [0.25, 0.3) is 11.8 Å². The van der Waals surface area contributed by atoms with Crippen LogP contribution in [0.4, 0.5) is 5.69 Å². The van der Waals surface area contributed by atoms with E-state index in [0.717, 1.165) is 28.3 Å². The van der Waals surface area contributed by atoms with Gasteiger partial charge < -0.3 is 15.0 Å². The fourth-order valence-corrected chi connectivity index (χ4v) is 3.92. The Morgan fingerprint density at radius 1 is 1.15 bits per heavy atom. The molecule has 0 saturated carbocycles. The highest BCUT2D eigenvalue weighted by Crippen LogP contribution is 2.36. The molecule has 0 bridgehead atoms. The minimum atomic E-state index is -0.132. The summed E-state index contributed by atoms with van der Waals surface area (Å²) >= 11 is 1.71. The van der Waals surface area contributed by atoms with Crippen LogP contribution < -0.4 is 10.2 Å². The summed E-state index contributed by atoms with van der Waals surface area (Å²) < 4.78 is 5.00.